The van der Waals surface area contributed by atoms with E-state index >= 15 is 0 Å². The van der Waals surface area contributed by atoms with Crippen LogP contribution >= 0.6 is 0 Å². The Morgan fingerprint density at radius 2 is 1.09 bits per heavy atom. The molecular formula is C44H46F3N7O4. The van der Waals surface area contributed by atoms with Crippen LogP contribution in [0.15, 0.2) is 94.0 Å². The highest BCUT2D eigenvalue weighted by atomic mass is 19.1. The van der Waals surface area contributed by atoms with E-state index in [0.29, 0.717) is 78.7 Å². The zero-order valence-electron chi connectivity index (χ0n) is 32.5. The lowest BCUT2D eigenvalue weighted by molar-refractivity contribution is -0.0411. The predicted octanol–water partition coefficient (Wildman–Crippen LogP) is 7.87. The summed E-state index contributed by atoms with van der Waals surface area (Å²) < 4.78 is 52.7. The molecule has 3 aliphatic rings. The molecule has 3 N–H and O–H groups in total. The van der Waals surface area contributed by atoms with E-state index in [1.807, 2.05) is 26.2 Å². The number of halogens is 3. The van der Waals surface area contributed by atoms with Gasteiger partial charge in [-0.2, -0.15) is 4.39 Å². The van der Waals surface area contributed by atoms with Gasteiger partial charge in [-0.05, 0) is 125 Å². The van der Waals surface area contributed by atoms with Gasteiger partial charge in [-0.25, -0.2) is 28.7 Å². The first-order valence-electron chi connectivity index (χ1n) is 19.6. The normalized spacial score (nSPS) is 18.1. The molecule has 6 aromatic rings. The predicted molar refractivity (Wildman–Crippen MR) is 213 cm³/mol. The molecule has 3 fully saturated rings. The number of nitrogens with zero attached hydrogens (tertiary/aromatic N) is 6. The summed E-state index contributed by atoms with van der Waals surface area (Å²) in [6, 6.07) is 18.7. The molecule has 58 heavy (non-hydrogen) atoms. The van der Waals surface area contributed by atoms with Gasteiger partial charge in [-0.1, -0.05) is 0 Å². The fraction of sp³-hybridized carbons (Fsp3) is 0.364. The van der Waals surface area contributed by atoms with Crippen molar-refractivity contribution >= 4 is 5.82 Å². The van der Waals surface area contributed by atoms with E-state index in [2.05, 4.69) is 30.1 Å². The van der Waals surface area contributed by atoms with Gasteiger partial charge in [0.25, 0.3) is 0 Å². The average Bonchev–Trinajstić information content (AvgIpc) is 3.76. The Morgan fingerprint density at radius 3 is 1.53 bits per heavy atom. The van der Waals surface area contributed by atoms with Crippen molar-refractivity contribution in [3.05, 3.63) is 115 Å². The van der Waals surface area contributed by atoms with E-state index in [9.17, 15) is 23.4 Å². The van der Waals surface area contributed by atoms with Gasteiger partial charge in [-0.15, -0.1) is 0 Å². The standard InChI is InChI=1S/C24H27FN4O2.C20H19F2N3O2/c1-29-12-9-24(30,10-13-29)23-28-21(17-4-6-19(25)7-5-17)22(31-23)18-8-11-26-20(14-18)27-15-16-2-3-16;1-25-10-7-20(26,8-11-25)19-24-17(13-2-4-15(21)5-3-13)18(27-19)14-6-9-23-16(22)12-14/h4-8,11,14,16,30H,2-3,9-10,12-13,15H2,1H3,(H,26,27);2-6,9,12,26H,7-8,10-11H2,1H3. The highest BCUT2D eigenvalue weighted by molar-refractivity contribution is 5.78. The minimum Gasteiger partial charge on any atom is -0.437 e. The maximum atomic E-state index is 13.6. The van der Waals surface area contributed by atoms with Crippen molar-refractivity contribution in [1.29, 1.82) is 0 Å². The molecule has 9 rings (SSSR count). The number of pyridine rings is 2. The van der Waals surface area contributed by atoms with Crippen LogP contribution < -0.4 is 5.32 Å². The van der Waals surface area contributed by atoms with Crippen LogP contribution in [0.3, 0.4) is 0 Å². The quantitative estimate of drug-likeness (QED) is 0.123. The number of hydrogen-bond donors (Lipinski definition) is 3. The van der Waals surface area contributed by atoms with Crippen LogP contribution in [0.1, 0.15) is 50.3 Å². The number of aliphatic hydroxyl groups is 2. The van der Waals surface area contributed by atoms with Crippen molar-refractivity contribution in [3.8, 4) is 45.2 Å². The first-order valence-corrected chi connectivity index (χ1v) is 19.6. The Hall–Kier alpha value is -5.41. The summed E-state index contributed by atoms with van der Waals surface area (Å²) >= 11 is 0. The first-order chi connectivity index (χ1) is 27.9. The number of benzene rings is 2. The monoisotopic (exact) mass is 793 g/mol. The van der Waals surface area contributed by atoms with Crippen molar-refractivity contribution in [2.24, 2.45) is 5.92 Å². The van der Waals surface area contributed by atoms with Crippen LogP contribution in [-0.4, -0.2) is 86.8 Å². The highest BCUT2D eigenvalue weighted by Gasteiger charge is 2.40. The molecule has 0 radical (unpaired) electrons. The minimum absolute atomic E-state index is 0.196. The maximum Gasteiger partial charge on any atom is 0.227 e. The summed E-state index contributed by atoms with van der Waals surface area (Å²) in [5.74, 6) is 1.60. The Labute approximate surface area is 334 Å². The summed E-state index contributed by atoms with van der Waals surface area (Å²) in [7, 11) is 4.03. The third-order valence-electron chi connectivity index (χ3n) is 11.2. The number of rotatable bonds is 9. The number of anilines is 1. The Bertz CT molecular complexity index is 2330. The lowest BCUT2D eigenvalue weighted by Gasteiger charge is -2.34. The van der Waals surface area contributed by atoms with E-state index in [1.165, 1.54) is 49.4 Å². The number of likely N-dealkylation sites (tertiary alicyclic amines) is 2. The van der Waals surface area contributed by atoms with E-state index in [-0.39, 0.29) is 17.5 Å². The molecule has 1 saturated carbocycles. The lowest BCUT2D eigenvalue weighted by Crippen LogP contribution is -2.40. The number of oxazole rings is 2. The molecule has 11 nitrogen and oxygen atoms in total. The molecule has 4 aromatic heterocycles. The molecule has 0 atom stereocenters. The minimum atomic E-state index is -1.19. The van der Waals surface area contributed by atoms with Crippen LogP contribution in [0.2, 0.25) is 0 Å². The number of nitrogens with one attached hydrogen (secondary N) is 1. The van der Waals surface area contributed by atoms with Crippen molar-refractivity contribution in [3.63, 3.8) is 0 Å². The maximum absolute atomic E-state index is 13.6. The molecular weight excluding hydrogens is 748 g/mol. The average molecular weight is 794 g/mol. The molecule has 2 saturated heterocycles. The summed E-state index contributed by atoms with van der Waals surface area (Å²) in [5.41, 5.74) is 1.37. The summed E-state index contributed by atoms with van der Waals surface area (Å²) in [4.78, 5) is 21.5. The fourth-order valence-electron chi connectivity index (χ4n) is 7.22. The Balaban J connectivity index is 0.000000164. The Kier molecular flexibility index (Phi) is 11.2. The van der Waals surface area contributed by atoms with Crippen LogP contribution in [0.4, 0.5) is 19.0 Å². The van der Waals surface area contributed by atoms with Gasteiger partial charge in [0.2, 0.25) is 17.7 Å². The topological polar surface area (TPSA) is 137 Å². The fourth-order valence-corrected chi connectivity index (χ4v) is 7.22. The molecule has 0 bridgehead atoms. The zero-order chi connectivity index (χ0) is 40.4. The van der Waals surface area contributed by atoms with Crippen molar-refractivity contribution < 1.29 is 32.2 Å². The highest BCUT2D eigenvalue weighted by Crippen LogP contribution is 2.41. The molecule has 302 valence electrons. The second-order valence-corrected chi connectivity index (χ2v) is 15.7. The smallest absolute Gasteiger partial charge is 0.227 e. The van der Waals surface area contributed by atoms with E-state index in [4.69, 9.17) is 13.8 Å². The molecule has 2 aromatic carbocycles. The second kappa shape index (κ2) is 16.5. The van der Waals surface area contributed by atoms with Crippen LogP contribution in [0, 0.1) is 23.5 Å². The molecule has 6 heterocycles. The molecule has 14 heteroatoms. The van der Waals surface area contributed by atoms with E-state index < -0.39 is 17.1 Å². The van der Waals surface area contributed by atoms with Crippen LogP contribution in [0.5, 0.6) is 0 Å². The number of hydrogen-bond acceptors (Lipinski definition) is 11. The third-order valence-corrected chi connectivity index (χ3v) is 11.2. The van der Waals surface area contributed by atoms with Crippen LogP contribution in [0.25, 0.3) is 45.2 Å². The van der Waals surface area contributed by atoms with E-state index in [1.54, 1.807) is 36.5 Å². The van der Waals surface area contributed by atoms with Crippen LogP contribution in [-0.2, 0) is 11.2 Å². The molecule has 0 spiro atoms. The Morgan fingerprint density at radius 1 is 0.638 bits per heavy atom. The van der Waals surface area contributed by atoms with Crippen molar-refractivity contribution in [1.82, 2.24) is 29.7 Å². The number of aromatic nitrogens is 4. The second-order valence-electron chi connectivity index (χ2n) is 15.7. The van der Waals surface area contributed by atoms with Crippen molar-refractivity contribution in [2.45, 2.75) is 49.7 Å². The van der Waals surface area contributed by atoms with Gasteiger partial charge in [0.1, 0.15) is 40.0 Å². The molecule has 2 aliphatic heterocycles. The van der Waals surface area contributed by atoms with Gasteiger partial charge >= 0.3 is 0 Å². The van der Waals surface area contributed by atoms with E-state index in [0.717, 1.165) is 42.5 Å². The molecule has 1 aliphatic carbocycles. The summed E-state index contributed by atoms with van der Waals surface area (Å²) in [6.45, 7) is 3.87. The van der Waals surface area contributed by atoms with Gasteiger partial charge in [0.15, 0.2) is 11.5 Å². The molecule has 0 unspecified atom stereocenters. The summed E-state index contributed by atoms with van der Waals surface area (Å²) in [6.07, 6.45) is 7.68. The first kappa shape index (κ1) is 39.4. The lowest BCUT2D eigenvalue weighted by atomic mass is 9.91. The SMILES string of the molecule is CN1CCC(O)(c2nc(-c3ccc(F)cc3)c(-c3ccnc(F)c3)o2)CC1.CN1CCC(O)(c2nc(-c3ccc(F)cc3)c(-c3ccnc(NCC4CC4)c3)o2)CC1. The van der Waals surface area contributed by atoms with Gasteiger partial charge in [0, 0.05) is 73.4 Å². The van der Waals surface area contributed by atoms with Gasteiger partial charge in [0.05, 0.1) is 0 Å². The van der Waals surface area contributed by atoms with Gasteiger partial charge in [-0.3, -0.25) is 0 Å². The van der Waals surface area contributed by atoms with Gasteiger partial charge < -0.3 is 34.2 Å². The zero-order valence-corrected chi connectivity index (χ0v) is 32.5. The molecule has 0 amide bonds. The van der Waals surface area contributed by atoms with Crippen molar-refractivity contribution in [2.75, 3.05) is 52.1 Å². The number of piperidine rings is 2. The third kappa shape index (κ3) is 8.85. The largest absolute Gasteiger partial charge is 0.437 e. The summed E-state index contributed by atoms with van der Waals surface area (Å²) in [5, 5.41) is 25.7.